The fourth-order valence-electron chi connectivity index (χ4n) is 2.10. The van der Waals surface area contributed by atoms with Crippen molar-refractivity contribution in [2.45, 2.75) is 30.8 Å². The van der Waals surface area contributed by atoms with Crippen LogP contribution in [0.1, 0.15) is 18.4 Å². The van der Waals surface area contributed by atoms with E-state index in [1.54, 1.807) is 0 Å². The molecule has 1 saturated carbocycles. The summed E-state index contributed by atoms with van der Waals surface area (Å²) in [4.78, 5) is -0.0382. The normalized spacial score (nSPS) is 23.1. The molecule has 7 heteroatoms. The van der Waals surface area contributed by atoms with Gasteiger partial charge in [0.25, 0.3) is 0 Å². The van der Waals surface area contributed by atoms with Crippen molar-refractivity contribution >= 4 is 15.7 Å². The lowest BCUT2D eigenvalue weighted by Gasteiger charge is -2.31. The Balaban J connectivity index is 2.11. The Hall–Kier alpha value is -1.18. The number of nitrogens with two attached hydrogens (primary N) is 1. The Morgan fingerprint density at radius 3 is 2.63 bits per heavy atom. The molecule has 1 aliphatic rings. The van der Waals surface area contributed by atoms with Gasteiger partial charge in [0.05, 0.1) is 16.7 Å². The summed E-state index contributed by atoms with van der Waals surface area (Å²) in [6.45, 7) is 1.74. The summed E-state index contributed by atoms with van der Waals surface area (Å²) in [5, 5.41) is 9.13. The monoisotopic (exact) mass is 288 g/mol. The molecule has 1 aromatic rings. The summed E-state index contributed by atoms with van der Waals surface area (Å²) in [5.74, 6) is -0.440. The lowest BCUT2D eigenvalue weighted by Crippen LogP contribution is -2.38. The van der Waals surface area contributed by atoms with E-state index in [9.17, 15) is 12.8 Å². The van der Waals surface area contributed by atoms with Crippen LogP contribution in [0.4, 0.5) is 10.1 Å². The average molecular weight is 288 g/mol. The number of nitrogen functional groups attached to an aromatic ring is 1. The van der Waals surface area contributed by atoms with Crippen LogP contribution in [0, 0.1) is 18.7 Å². The van der Waals surface area contributed by atoms with Crippen molar-refractivity contribution in [2.24, 2.45) is 5.92 Å². The first-order valence-electron chi connectivity index (χ1n) is 6.03. The lowest BCUT2D eigenvalue weighted by atomic mass is 9.83. The number of aliphatic hydroxyl groups is 1. The maximum absolute atomic E-state index is 13.4. The van der Waals surface area contributed by atoms with Crippen molar-refractivity contribution in [3.05, 3.63) is 23.5 Å². The molecule has 0 aromatic heterocycles. The molecular formula is C12H17FN2O3S. The fraction of sp³-hybridized carbons (Fsp3) is 0.500. The molecule has 5 nitrogen and oxygen atoms in total. The number of aryl methyl sites for hydroxylation is 1. The largest absolute Gasteiger partial charge is 0.396 e. The van der Waals surface area contributed by atoms with Crippen molar-refractivity contribution < 1.29 is 17.9 Å². The summed E-state index contributed by atoms with van der Waals surface area (Å²) in [6.07, 6.45) is 0.887. The third-order valence-corrected chi connectivity index (χ3v) is 4.74. The summed E-state index contributed by atoms with van der Waals surface area (Å²) < 4.78 is 39.9. The second-order valence-electron chi connectivity index (χ2n) is 4.99. The summed E-state index contributed by atoms with van der Waals surface area (Å²) in [6, 6.07) is 2.37. The number of anilines is 1. The molecule has 4 N–H and O–H groups in total. The van der Waals surface area contributed by atoms with Gasteiger partial charge in [0.2, 0.25) is 10.0 Å². The zero-order valence-corrected chi connectivity index (χ0v) is 11.4. The van der Waals surface area contributed by atoms with Crippen molar-refractivity contribution in [1.82, 2.24) is 4.72 Å². The number of benzene rings is 1. The predicted molar refractivity (Wildman–Crippen MR) is 69.5 cm³/mol. The molecule has 19 heavy (non-hydrogen) atoms. The number of sulfonamides is 1. The van der Waals surface area contributed by atoms with E-state index >= 15 is 0 Å². The number of hydrogen-bond acceptors (Lipinski definition) is 4. The van der Waals surface area contributed by atoms with Crippen molar-refractivity contribution in [3.8, 4) is 0 Å². The molecule has 0 saturated heterocycles. The zero-order chi connectivity index (χ0) is 14.2. The van der Waals surface area contributed by atoms with E-state index < -0.39 is 15.8 Å². The van der Waals surface area contributed by atoms with Crippen LogP contribution in [-0.4, -0.2) is 26.2 Å². The molecule has 1 fully saturated rings. The first kappa shape index (κ1) is 14.2. The number of halogens is 1. The van der Waals surface area contributed by atoms with Gasteiger partial charge in [0.15, 0.2) is 0 Å². The van der Waals surface area contributed by atoms with Gasteiger partial charge >= 0.3 is 0 Å². The molecule has 0 spiro atoms. The van der Waals surface area contributed by atoms with E-state index in [1.807, 2.05) is 0 Å². The first-order chi connectivity index (χ1) is 8.79. The van der Waals surface area contributed by atoms with Crippen LogP contribution in [0.2, 0.25) is 0 Å². The Morgan fingerprint density at radius 1 is 1.47 bits per heavy atom. The fourth-order valence-corrected chi connectivity index (χ4v) is 3.33. The Labute approximate surface area is 111 Å². The number of nitrogens with one attached hydrogen (secondary N) is 1. The second kappa shape index (κ2) is 5.07. The maximum atomic E-state index is 13.4. The van der Waals surface area contributed by atoms with Crippen LogP contribution in [0.15, 0.2) is 17.0 Å². The Kier molecular flexibility index (Phi) is 3.80. The third-order valence-electron chi connectivity index (χ3n) is 3.34. The molecule has 0 heterocycles. The molecule has 2 rings (SSSR count). The van der Waals surface area contributed by atoms with E-state index in [0.29, 0.717) is 12.8 Å². The molecule has 0 atom stereocenters. The number of aliphatic hydroxyl groups excluding tert-OH is 1. The number of hydrogen-bond donors (Lipinski definition) is 3. The van der Waals surface area contributed by atoms with Gasteiger partial charge in [0, 0.05) is 6.54 Å². The van der Waals surface area contributed by atoms with Crippen LogP contribution in [0.5, 0.6) is 0 Å². The maximum Gasteiger partial charge on any atom is 0.240 e. The topological polar surface area (TPSA) is 92.4 Å². The van der Waals surface area contributed by atoms with E-state index in [2.05, 4.69) is 4.72 Å². The minimum atomic E-state index is -3.69. The average Bonchev–Trinajstić information content (AvgIpc) is 2.29. The van der Waals surface area contributed by atoms with Crippen molar-refractivity contribution in [1.29, 1.82) is 0 Å². The van der Waals surface area contributed by atoms with Crippen LogP contribution in [0.3, 0.4) is 0 Å². The molecule has 1 aliphatic carbocycles. The number of rotatable bonds is 4. The highest BCUT2D eigenvalue weighted by atomic mass is 32.2. The van der Waals surface area contributed by atoms with Gasteiger partial charge in [-0.1, -0.05) is 0 Å². The van der Waals surface area contributed by atoms with E-state index in [0.717, 1.165) is 6.07 Å². The quantitative estimate of drug-likeness (QED) is 0.713. The van der Waals surface area contributed by atoms with E-state index in [-0.39, 0.29) is 34.7 Å². The van der Waals surface area contributed by atoms with Gasteiger partial charge < -0.3 is 10.8 Å². The van der Waals surface area contributed by atoms with Gasteiger partial charge in [-0.05, 0) is 43.4 Å². The predicted octanol–water partition coefficient (Wildman–Crippen LogP) is 0.766. The molecule has 0 amide bonds. The summed E-state index contributed by atoms with van der Waals surface area (Å²) in [7, 11) is -3.69. The minimum Gasteiger partial charge on any atom is -0.396 e. The van der Waals surface area contributed by atoms with Gasteiger partial charge in [-0.15, -0.1) is 0 Å². The minimum absolute atomic E-state index is 0.0382. The third kappa shape index (κ3) is 3.05. The van der Waals surface area contributed by atoms with Crippen LogP contribution < -0.4 is 10.5 Å². The van der Waals surface area contributed by atoms with E-state index in [1.165, 1.54) is 13.0 Å². The molecule has 106 valence electrons. The zero-order valence-electron chi connectivity index (χ0n) is 10.6. The van der Waals surface area contributed by atoms with Crippen LogP contribution in [-0.2, 0) is 10.0 Å². The standard InChI is InChI=1S/C12H17FN2O3S/c1-7-2-10(5-11(14)12(7)13)19(17,18)15-6-8-3-9(16)4-8/h2,5,8-9,15-16H,3-4,6,14H2,1H3. The SMILES string of the molecule is Cc1cc(S(=O)(=O)NCC2CC(O)C2)cc(N)c1F. The molecule has 0 unspecified atom stereocenters. The Bertz CT molecular complexity index is 560. The lowest BCUT2D eigenvalue weighted by molar-refractivity contribution is 0.0453. The molecular weight excluding hydrogens is 271 g/mol. The highest BCUT2D eigenvalue weighted by molar-refractivity contribution is 7.89. The highest BCUT2D eigenvalue weighted by Crippen LogP contribution is 2.27. The van der Waals surface area contributed by atoms with Gasteiger partial charge in [0.1, 0.15) is 5.82 Å². The highest BCUT2D eigenvalue weighted by Gasteiger charge is 2.28. The van der Waals surface area contributed by atoms with Gasteiger partial charge in [-0.2, -0.15) is 0 Å². The van der Waals surface area contributed by atoms with Gasteiger partial charge in [-0.3, -0.25) is 0 Å². The van der Waals surface area contributed by atoms with Crippen molar-refractivity contribution in [3.63, 3.8) is 0 Å². The molecule has 0 bridgehead atoms. The second-order valence-corrected chi connectivity index (χ2v) is 6.75. The van der Waals surface area contributed by atoms with E-state index in [4.69, 9.17) is 10.8 Å². The molecule has 0 radical (unpaired) electrons. The smallest absolute Gasteiger partial charge is 0.240 e. The van der Waals surface area contributed by atoms with Crippen LogP contribution >= 0.6 is 0 Å². The Morgan fingerprint density at radius 2 is 2.11 bits per heavy atom. The summed E-state index contributed by atoms with van der Waals surface area (Å²) in [5.41, 5.74) is 5.44. The van der Waals surface area contributed by atoms with Crippen molar-refractivity contribution in [2.75, 3.05) is 12.3 Å². The molecule has 1 aromatic carbocycles. The van der Waals surface area contributed by atoms with Gasteiger partial charge in [-0.25, -0.2) is 17.5 Å². The molecule has 0 aliphatic heterocycles. The van der Waals surface area contributed by atoms with Crippen LogP contribution in [0.25, 0.3) is 0 Å². The summed E-state index contributed by atoms with van der Waals surface area (Å²) >= 11 is 0. The first-order valence-corrected chi connectivity index (χ1v) is 7.51.